The van der Waals surface area contributed by atoms with Gasteiger partial charge >= 0.3 is 0 Å². The molecule has 0 saturated carbocycles. The van der Waals surface area contributed by atoms with E-state index in [4.69, 9.17) is 9.47 Å². The average molecular weight is 409 g/mol. The lowest BCUT2D eigenvalue weighted by Crippen LogP contribution is -2.23. The Balaban J connectivity index is 2.71. The molecule has 0 bridgehead atoms. The van der Waals surface area contributed by atoms with Gasteiger partial charge < -0.3 is 9.47 Å². The third kappa shape index (κ3) is 4.24. The molecule has 0 heterocycles. The van der Waals surface area contributed by atoms with Crippen LogP contribution >= 0.6 is 15.9 Å². The van der Waals surface area contributed by atoms with Crippen LogP contribution < -0.4 is 4.74 Å². The van der Waals surface area contributed by atoms with Crippen molar-refractivity contribution in [3.63, 3.8) is 0 Å². The van der Waals surface area contributed by atoms with E-state index in [-0.39, 0.29) is 17.3 Å². The Morgan fingerprint density at radius 1 is 1.08 bits per heavy atom. The standard InChI is InChI=1S/C21H26BrFO2/c1-6-21(2,3)20(25-5)18-11-14(13-22)7-9-16(18)17-12-15(24-4)8-10-19(17)23/h7-12,20H,6,13H2,1-5H3/t20-/m0/s1. The van der Waals surface area contributed by atoms with Gasteiger partial charge in [0.05, 0.1) is 13.2 Å². The highest BCUT2D eigenvalue weighted by Crippen LogP contribution is 2.44. The number of halogens is 2. The van der Waals surface area contributed by atoms with Crippen molar-refractivity contribution in [3.05, 3.63) is 53.3 Å². The van der Waals surface area contributed by atoms with Crippen molar-refractivity contribution in [2.45, 2.75) is 38.6 Å². The zero-order valence-corrected chi connectivity index (χ0v) is 17.1. The minimum Gasteiger partial charge on any atom is -0.497 e. The van der Waals surface area contributed by atoms with Crippen LogP contribution in [0.3, 0.4) is 0 Å². The highest BCUT2D eigenvalue weighted by molar-refractivity contribution is 9.08. The molecule has 0 saturated heterocycles. The number of ether oxygens (including phenoxy) is 2. The predicted molar refractivity (Wildman–Crippen MR) is 105 cm³/mol. The van der Waals surface area contributed by atoms with Crippen LogP contribution in [0, 0.1) is 11.2 Å². The molecular weight excluding hydrogens is 383 g/mol. The SMILES string of the molecule is CCC(C)(C)[C@@H](OC)c1cc(CBr)ccc1-c1cc(OC)ccc1F. The summed E-state index contributed by atoms with van der Waals surface area (Å²) in [5.74, 6) is 0.369. The lowest BCUT2D eigenvalue weighted by Gasteiger charge is -2.34. The number of hydrogen-bond donors (Lipinski definition) is 0. The van der Waals surface area contributed by atoms with Gasteiger partial charge in [-0.15, -0.1) is 0 Å². The first-order valence-electron chi connectivity index (χ1n) is 8.43. The summed E-state index contributed by atoms with van der Waals surface area (Å²) in [5, 5.41) is 0.740. The average Bonchev–Trinajstić information content (AvgIpc) is 2.62. The summed E-state index contributed by atoms with van der Waals surface area (Å²) in [6, 6.07) is 10.9. The number of benzene rings is 2. The van der Waals surface area contributed by atoms with Crippen LogP contribution in [0.5, 0.6) is 5.75 Å². The van der Waals surface area contributed by atoms with Gasteiger partial charge in [0.1, 0.15) is 11.6 Å². The lowest BCUT2D eigenvalue weighted by atomic mass is 9.77. The number of rotatable bonds is 7. The van der Waals surface area contributed by atoms with E-state index in [2.05, 4.69) is 42.8 Å². The Morgan fingerprint density at radius 2 is 1.80 bits per heavy atom. The van der Waals surface area contributed by atoms with Crippen LogP contribution in [0.2, 0.25) is 0 Å². The molecule has 0 unspecified atom stereocenters. The van der Waals surface area contributed by atoms with Gasteiger partial charge in [0.2, 0.25) is 0 Å². The fraction of sp³-hybridized carbons (Fsp3) is 0.429. The summed E-state index contributed by atoms with van der Waals surface area (Å²) in [5.41, 5.74) is 3.43. The highest BCUT2D eigenvalue weighted by Gasteiger charge is 2.31. The minimum absolute atomic E-state index is 0.0796. The molecule has 0 fully saturated rings. The quantitative estimate of drug-likeness (QED) is 0.485. The van der Waals surface area contributed by atoms with Gasteiger partial charge in [-0.3, -0.25) is 0 Å². The minimum atomic E-state index is -0.266. The second-order valence-corrected chi connectivity index (χ2v) is 7.42. The number of alkyl halides is 1. The predicted octanol–water partition coefficient (Wildman–Crippen LogP) is 6.52. The Kier molecular flexibility index (Phi) is 6.64. The molecule has 2 aromatic rings. The van der Waals surface area contributed by atoms with Crippen molar-refractivity contribution in [1.29, 1.82) is 0 Å². The molecule has 0 aliphatic heterocycles. The third-order valence-corrected chi connectivity index (χ3v) is 5.52. The fourth-order valence-electron chi connectivity index (χ4n) is 3.05. The zero-order valence-electron chi connectivity index (χ0n) is 15.5. The monoisotopic (exact) mass is 408 g/mol. The van der Waals surface area contributed by atoms with Gasteiger partial charge in [-0.1, -0.05) is 54.9 Å². The molecule has 0 spiro atoms. The van der Waals surface area contributed by atoms with E-state index in [1.165, 1.54) is 6.07 Å². The Bertz CT molecular complexity index is 728. The smallest absolute Gasteiger partial charge is 0.131 e. The lowest BCUT2D eigenvalue weighted by molar-refractivity contribution is 0.00328. The maximum Gasteiger partial charge on any atom is 0.131 e. The van der Waals surface area contributed by atoms with E-state index in [0.717, 1.165) is 28.4 Å². The first kappa shape index (κ1) is 19.9. The van der Waals surface area contributed by atoms with Crippen LogP contribution in [-0.4, -0.2) is 14.2 Å². The van der Waals surface area contributed by atoms with Crippen LogP contribution in [0.25, 0.3) is 11.1 Å². The molecule has 2 nitrogen and oxygen atoms in total. The molecular formula is C21H26BrFO2. The summed E-state index contributed by atoms with van der Waals surface area (Å²) in [7, 11) is 3.30. The van der Waals surface area contributed by atoms with Crippen LogP contribution in [0.15, 0.2) is 36.4 Å². The van der Waals surface area contributed by atoms with Crippen molar-refractivity contribution >= 4 is 15.9 Å². The largest absolute Gasteiger partial charge is 0.497 e. The molecule has 1 atom stereocenters. The van der Waals surface area contributed by atoms with Gasteiger partial charge in [0, 0.05) is 18.0 Å². The Hall–Kier alpha value is -1.39. The molecule has 136 valence electrons. The first-order chi connectivity index (χ1) is 11.9. The van der Waals surface area contributed by atoms with Gasteiger partial charge in [0.15, 0.2) is 0 Å². The Labute approximate surface area is 158 Å². The van der Waals surface area contributed by atoms with E-state index in [1.54, 1.807) is 26.4 Å². The summed E-state index contributed by atoms with van der Waals surface area (Å²) >= 11 is 3.51. The van der Waals surface area contributed by atoms with Crippen molar-refractivity contribution in [3.8, 4) is 16.9 Å². The van der Waals surface area contributed by atoms with E-state index < -0.39 is 0 Å². The van der Waals surface area contributed by atoms with E-state index in [1.807, 2.05) is 12.1 Å². The number of methoxy groups -OCH3 is 2. The maximum atomic E-state index is 14.6. The molecule has 0 amide bonds. The Morgan fingerprint density at radius 3 is 2.36 bits per heavy atom. The molecule has 0 aliphatic carbocycles. The molecule has 25 heavy (non-hydrogen) atoms. The van der Waals surface area contributed by atoms with Gasteiger partial charge in [-0.2, -0.15) is 0 Å². The summed E-state index contributed by atoms with van der Waals surface area (Å²) in [6.07, 6.45) is 0.807. The van der Waals surface area contributed by atoms with E-state index in [9.17, 15) is 4.39 Å². The van der Waals surface area contributed by atoms with Gasteiger partial charge in [-0.25, -0.2) is 4.39 Å². The third-order valence-electron chi connectivity index (χ3n) is 4.87. The number of hydrogen-bond acceptors (Lipinski definition) is 2. The van der Waals surface area contributed by atoms with Crippen LogP contribution in [0.1, 0.15) is 44.4 Å². The molecule has 0 N–H and O–H groups in total. The summed E-state index contributed by atoms with van der Waals surface area (Å²) in [6.45, 7) is 6.49. The van der Waals surface area contributed by atoms with Crippen molar-refractivity contribution in [2.24, 2.45) is 5.41 Å². The van der Waals surface area contributed by atoms with E-state index in [0.29, 0.717) is 11.3 Å². The van der Waals surface area contributed by atoms with Crippen molar-refractivity contribution in [1.82, 2.24) is 0 Å². The van der Waals surface area contributed by atoms with Crippen molar-refractivity contribution in [2.75, 3.05) is 14.2 Å². The van der Waals surface area contributed by atoms with E-state index >= 15 is 0 Å². The summed E-state index contributed by atoms with van der Waals surface area (Å²) in [4.78, 5) is 0. The molecule has 0 aromatic heterocycles. The van der Waals surface area contributed by atoms with Crippen LogP contribution in [0.4, 0.5) is 4.39 Å². The van der Waals surface area contributed by atoms with Gasteiger partial charge in [-0.05, 0) is 46.7 Å². The maximum absolute atomic E-state index is 14.6. The summed E-state index contributed by atoms with van der Waals surface area (Å²) < 4.78 is 25.8. The van der Waals surface area contributed by atoms with Gasteiger partial charge in [0.25, 0.3) is 0 Å². The zero-order chi connectivity index (χ0) is 18.6. The second-order valence-electron chi connectivity index (χ2n) is 6.86. The molecule has 0 aliphatic rings. The first-order valence-corrected chi connectivity index (χ1v) is 9.55. The molecule has 2 aromatic carbocycles. The van der Waals surface area contributed by atoms with Crippen molar-refractivity contribution < 1.29 is 13.9 Å². The molecule has 2 rings (SSSR count). The highest BCUT2D eigenvalue weighted by atomic mass is 79.9. The molecule has 0 radical (unpaired) electrons. The molecule has 4 heteroatoms. The van der Waals surface area contributed by atoms with Crippen LogP contribution in [-0.2, 0) is 10.1 Å². The topological polar surface area (TPSA) is 18.5 Å². The fourth-order valence-corrected chi connectivity index (χ4v) is 3.40. The second kappa shape index (κ2) is 8.33. The normalized spacial score (nSPS) is 12.9.